The normalized spacial score (nSPS) is 19.3. The number of hydrogen-bond donors (Lipinski definition) is 0. The van der Waals surface area contributed by atoms with Crippen LogP contribution in [0.3, 0.4) is 0 Å². The fraction of sp³-hybridized carbons (Fsp3) is 0.304. The zero-order valence-electron chi connectivity index (χ0n) is 17.0. The highest BCUT2D eigenvalue weighted by Crippen LogP contribution is 2.44. The molecule has 30 heavy (non-hydrogen) atoms. The van der Waals surface area contributed by atoms with Gasteiger partial charge in [0, 0.05) is 18.9 Å². The molecule has 2 aliphatic heterocycles. The molecule has 1 fully saturated rings. The van der Waals surface area contributed by atoms with E-state index in [1.54, 1.807) is 30.9 Å². The van der Waals surface area contributed by atoms with Gasteiger partial charge in [0.05, 0.1) is 43.4 Å². The van der Waals surface area contributed by atoms with Crippen LogP contribution in [0.2, 0.25) is 0 Å². The van der Waals surface area contributed by atoms with E-state index in [1.165, 1.54) is 5.56 Å². The molecule has 2 heterocycles. The van der Waals surface area contributed by atoms with E-state index < -0.39 is 0 Å². The van der Waals surface area contributed by atoms with E-state index >= 15 is 0 Å². The molecule has 1 saturated heterocycles. The first kappa shape index (κ1) is 20.3. The number of nitriles is 1. The number of rotatable bonds is 5. The first-order chi connectivity index (χ1) is 14.6. The van der Waals surface area contributed by atoms with Crippen LogP contribution >= 0.6 is 11.8 Å². The van der Waals surface area contributed by atoms with Gasteiger partial charge in [-0.25, -0.2) is 0 Å². The minimum Gasteiger partial charge on any atom is -0.493 e. The Labute approximate surface area is 180 Å². The number of nitrogens with zero attached hydrogens (tertiary/aromatic N) is 3. The average molecular weight is 422 g/mol. The molecule has 1 amide bonds. The monoisotopic (exact) mass is 421 g/mol. The smallest absolute Gasteiger partial charge is 0.229 e. The van der Waals surface area contributed by atoms with Crippen molar-refractivity contribution < 1.29 is 14.3 Å². The molecule has 0 spiro atoms. The molecule has 0 radical (unpaired) electrons. The largest absolute Gasteiger partial charge is 0.493 e. The van der Waals surface area contributed by atoms with Crippen LogP contribution < -0.4 is 9.47 Å². The molecular weight excluding hydrogens is 398 g/mol. The van der Waals surface area contributed by atoms with Gasteiger partial charge in [-0.1, -0.05) is 48.2 Å². The lowest BCUT2D eigenvalue weighted by Crippen LogP contribution is -2.46. The van der Waals surface area contributed by atoms with E-state index in [2.05, 4.69) is 23.1 Å². The molecule has 1 atom stereocenters. The first-order valence-electron chi connectivity index (χ1n) is 9.70. The lowest BCUT2D eigenvalue weighted by atomic mass is 9.86. The van der Waals surface area contributed by atoms with Gasteiger partial charge in [0.15, 0.2) is 11.5 Å². The third-order valence-electron chi connectivity index (χ3n) is 5.41. The molecule has 0 aliphatic carbocycles. The average Bonchev–Trinajstić information content (AvgIpc) is 2.79. The molecular formula is C23H23N3O3S. The molecule has 0 unspecified atom stereocenters. The van der Waals surface area contributed by atoms with Crippen LogP contribution in [0.15, 0.2) is 59.1 Å². The van der Waals surface area contributed by atoms with Crippen LogP contribution in [0.25, 0.3) is 0 Å². The van der Waals surface area contributed by atoms with Gasteiger partial charge in [0.2, 0.25) is 5.91 Å². The third kappa shape index (κ3) is 3.89. The van der Waals surface area contributed by atoms with Gasteiger partial charge in [0.1, 0.15) is 0 Å². The Hall–Kier alpha value is -2.95. The molecule has 2 aromatic rings. The number of carbonyl (C=O) groups is 1. The Kier molecular flexibility index (Phi) is 5.98. The van der Waals surface area contributed by atoms with Crippen molar-refractivity contribution >= 4 is 17.7 Å². The van der Waals surface area contributed by atoms with E-state index in [0.29, 0.717) is 23.7 Å². The van der Waals surface area contributed by atoms with Crippen LogP contribution in [0, 0.1) is 11.3 Å². The van der Waals surface area contributed by atoms with Crippen LogP contribution in [-0.4, -0.2) is 42.5 Å². The first-order valence-corrected chi connectivity index (χ1v) is 10.7. The summed E-state index contributed by atoms with van der Waals surface area (Å²) in [5.41, 5.74) is 2.74. The van der Waals surface area contributed by atoms with Gasteiger partial charge in [0.25, 0.3) is 0 Å². The maximum Gasteiger partial charge on any atom is 0.229 e. The summed E-state index contributed by atoms with van der Waals surface area (Å²) in [6.07, 6.45) is 0.265. The fourth-order valence-electron chi connectivity index (χ4n) is 3.90. The second-order valence-electron chi connectivity index (χ2n) is 7.25. The minimum atomic E-state index is -0.276. The van der Waals surface area contributed by atoms with Crippen molar-refractivity contribution in [1.29, 1.82) is 5.26 Å². The Bertz CT molecular complexity index is 1020. The van der Waals surface area contributed by atoms with Crippen LogP contribution in [0.5, 0.6) is 11.5 Å². The van der Waals surface area contributed by atoms with Crippen molar-refractivity contribution in [1.82, 2.24) is 9.80 Å². The van der Waals surface area contributed by atoms with Gasteiger partial charge in [-0.2, -0.15) is 5.26 Å². The van der Waals surface area contributed by atoms with Crippen molar-refractivity contribution in [3.8, 4) is 17.6 Å². The number of allylic oxidation sites excluding steroid dienone is 1. The van der Waals surface area contributed by atoms with Crippen LogP contribution in [0.1, 0.15) is 23.5 Å². The number of methoxy groups -OCH3 is 2. The summed E-state index contributed by atoms with van der Waals surface area (Å²) in [4.78, 5) is 17.0. The summed E-state index contributed by atoms with van der Waals surface area (Å²) in [5, 5.41) is 10.7. The summed E-state index contributed by atoms with van der Waals surface area (Å²) >= 11 is 1.56. The number of benzene rings is 2. The quantitative estimate of drug-likeness (QED) is 0.729. The molecule has 2 aliphatic rings. The topological polar surface area (TPSA) is 65.8 Å². The number of fused-ring (bicyclic) bond motifs is 1. The highest BCUT2D eigenvalue weighted by atomic mass is 32.2. The van der Waals surface area contributed by atoms with Gasteiger partial charge in [-0.05, 0) is 23.3 Å². The predicted octanol–water partition coefficient (Wildman–Crippen LogP) is 3.92. The standard InChI is InChI=1S/C23H23N3O3S/c1-28-20-9-8-17(10-21(20)29-2)18-11-22(27)26-14-25(13-16-6-4-3-5-7-16)15-30-23(26)19(18)12-24/h3-10,18H,11,13-15H2,1-2H3/t18-/m0/s1. The van der Waals surface area contributed by atoms with E-state index in [9.17, 15) is 10.1 Å². The second-order valence-corrected chi connectivity index (χ2v) is 8.19. The maximum atomic E-state index is 13.0. The number of carbonyl (C=O) groups excluding carboxylic acids is 1. The third-order valence-corrected chi connectivity index (χ3v) is 6.62. The molecule has 6 nitrogen and oxygen atoms in total. The van der Waals surface area contributed by atoms with Crippen molar-refractivity contribution in [2.45, 2.75) is 18.9 Å². The number of hydrogen-bond acceptors (Lipinski definition) is 6. The summed E-state index contributed by atoms with van der Waals surface area (Å²) in [6, 6.07) is 18.2. The number of amides is 1. The van der Waals surface area contributed by atoms with E-state index in [1.807, 2.05) is 36.4 Å². The maximum absolute atomic E-state index is 13.0. The summed E-state index contributed by atoms with van der Waals surface area (Å²) in [7, 11) is 3.17. The summed E-state index contributed by atoms with van der Waals surface area (Å²) < 4.78 is 10.7. The van der Waals surface area contributed by atoms with E-state index in [-0.39, 0.29) is 18.2 Å². The fourth-order valence-corrected chi connectivity index (χ4v) is 5.04. The number of thioether (sulfide) groups is 1. The van der Waals surface area contributed by atoms with Crippen LogP contribution in [0.4, 0.5) is 0 Å². The zero-order valence-corrected chi connectivity index (χ0v) is 17.8. The Morgan fingerprint density at radius 3 is 2.60 bits per heavy atom. The molecule has 0 bridgehead atoms. The van der Waals surface area contributed by atoms with Crippen molar-refractivity contribution in [2.24, 2.45) is 0 Å². The molecule has 154 valence electrons. The van der Waals surface area contributed by atoms with Gasteiger partial charge >= 0.3 is 0 Å². The highest BCUT2D eigenvalue weighted by Gasteiger charge is 2.38. The molecule has 4 rings (SSSR count). The second kappa shape index (κ2) is 8.82. The van der Waals surface area contributed by atoms with Gasteiger partial charge in [-0.15, -0.1) is 0 Å². The molecule has 2 aromatic carbocycles. The minimum absolute atomic E-state index is 0.0362. The Morgan fingerprint density at radius 1 is 1.13 bits per heavy atom. The Morgan fingerprint density at radius 2 is 1.90 bits per heavy atom. The van der Waals surface area contributed by atoms with Crippen molar-refractivity contribution in [3.63, 3.8) is 0 Å². The van der Waals surface area contributed by atoms with Crippen LogP contribution in [-0.2, 0) is 11.3 Å². The lowest BCUT2D eigenvalue weighted by Gasteiger charge is -2.41. The SMILES string of the molecule is COc1ccc([C@@H]2CC(=O)N3CN(Cc4ccccc4)CSC3=C2C#N)cc1OC. The van der Waals surface area contributed by atoms with Gasteiger partial charge < -0.3 is 9.47 Å². The molecule has 0 N–H and O–H groups in total. The molecule has 7 heteroatoms. The highest BCUT2D eigenvalue weighted by molar-refractivity contribution is 8.03. The molecule has 0 aromatic heterocycles. The summed E-state index contributed by atoms with van der Waals surface area (Å²) in [5.74, 6) is 1.71. The molecule has 0 saturated carbocycles. The van der Waals surface area contributed by atoms with Crippen molar-refractivity contribution in [2.75, 3.05) is 26.8 Å². The Balaban J connectivity index is 1.61. The lowest BCUT2D eigenvalue weighted by molar-refractivity contribution is -0.131. The van der Waals surface area contributed by atoms with E-state index in [0.717, 1.165) is 23.0 Å². The predicted molar refractivity (Wildman–Crippen MR) is 116 cm³/mol. The van der Waals surface area contributed by atoms with Crippen molar-refractivity contribution in [3.05, 3.63) is 70.3 Å². The number of ether oxygens (including phenoxy) is 2. The summed E-state index contributed by atoms with van der Waals surface area (Å²) in [6.45, 7) is 1.27. The van der Waals surface area contributed by atoms with E-state index in [4.69, 9.17) is 9.47 Å². The van der Waals surface area contributed by atoms with Gasteiger partial charge in [-0.3, -0.25) is 14.6 Å². The zero-order chi connectivity index (χ0) is 21.1.